The molecule has 1 aliphatic rings. The number of aromatic nitrogens is 1. The van der Waals surface area contributed by atoms with Crippen LogP contribution in [0.2, 0.25) is 0 Å². The maximum Gasteiger partial charge on any atom is 0.267 e. The number of thiazole rings is 1. The van der Waals surface area contributed by atoms with Crippen molar-refractivity contribution in [3.63, 3.8) is 0 Å². The highest BCUT2D eigenvalue weighted by Crippen LogP contribution is 2.33. The van der Waals surface area contributed by atoms with E-state index in [1.807, 2.05) is 45.0 Å². The molecule has 0 unspecified atom stereocenters. The van der Waals surface area contributed by atoms with Crippen molar-refractivity contribution in [2.24, 2.45) is 0 Å². The van der Waals surface area contributed by atoms with Gasteiger partial charge in [-0.2, -0.15) is 0 Å². The molecule has 4 rings (SSSR count). The lowest BCUT2D eigenvalue weighted by Crippen LogP contribution is -2.13. The van der Waals surface area contributed by atoms with E-state index in [1.165, 1.54) is 49.0 Å². The predicted molar refractivity (Wildman–Crippen MR) is 142 cm³/mol. The van der Waals surface area contributed by atoms with Gasteiger partial charge in [0.05, 0.1) is 5.69 Å². The Kier molecular flexibility index (Phi) is 8.26. The first kappa shape index (κ1) is 25.6. The molecule has 34 heavy (non-hydrogen) atoms. The molecule has 3 aromatic rings. The largest absolute Gasteiger partial charge is 0.321 e. The molecule has 2 amide bonds. The highest BCUT2D eigenvalue weighted by molar-refractivity contribution is 7.17. The highest BCUT2D eigenvalue weighted by atomic mass is 32.1. The van der Waals surface area contributed by atoms with Crippen LogP contribution in [0.1, 0.15) is 93.4 Å². The molecular weight excluding hydrogens is 442 g/mol. The molecule has 1 aromatic heterocycles. The summed E-state index contributed by atoms with van der Waals surface area (Å²) in [4.78, 5) is 30.6. The first-order valence-corrected chi connectivity index (χ1v) is 12.4. The first-order chi connectivity index (χ1) is 15.8. The number of nitrogens with zero attached hydrogens (tertiary/aromatic N) is 1. The van der Waals surface area contributed by atoms with Crippen molar-refractivity contribution in [2.75, 3.05) is 10.6 Å². The zero-order valence-electron chi connectivity index (χ0n) is 19.7. The molecule has 5 nitrogen and oxygen atoms in total. The summed E-state index contributed by atoms with van der Waals surface area (Å²) >= 11 is 1.20. The molecule has 6 heteroatoms. The van der Waals surface area contributed by atoms with Crippen LogP contribution in [0.3, 0.4) is 0 Å². The lowest BCUT2D eigenvalue weighted by molar-refractivity contribution is 0.102. The fraction of sp³-hybridized carbons (Fsp3) is 0.393. The highest BCUT2D eigenvalue weighted by Gasteiger charge is 2.20. The predicted octanol–water partition coefficient (Wildman–Crippen LogP) is 7.57. The number of hydrogen-bond acceptors (Lipinski definition) is 4. The van der Waals surface area contributed by atoms with Crippen molar-refractivity contribution in [1.29, 1.82) is 0 Å². The molecule has 0 spiro atoms. The molecule has 0 aliphatic heterocycles. The second-order valence-electron chi connectivity index (χ2n) is 9.07. The summed E-state index contributed by atoms with van der Waals surface area (Å²) in [5.41, 5.74) is 6.54. The SMILES string of the molecule is C.Cc1cc(C)c(NC(=O)c2sc(NC(=O)c3ccc(C4CCCCC4)cc3)nc2C)c(C)c1. The Morgan fingerprint density at radius 2 is 1.50 bits per heavy atom. The molecule has 0 radical (unpaired) electrons. The van der Waals surface area contributed by atoms with Gasteiger partial charge in [0.1, 0.15) is 4.88 Å². The Hall–Kier alpha value is -2.99. The minimum Gasteiger partial charge on any atom is -0.321 e. The third kappa shape index (κ3) is 5.73. The first-order valence-electron chi connectivity index (χ1n) is 11.6. The third-order valence-corrected chi connectivity index (χ3v) is 7.46. The zero-order valence-corrected chi connectivity index (χ0v) is 20.6. The van der Waals surface area contributed by atoms with Crippen molar-refractivity contribution < 1.29 is 9.59 Å². The summed E-state index contributed by atoms with van der Waals surface area (Å²) in [5.74, 6) is 0.188. The van der Waals surface area contributed by atoms with Crippen LogP contribution in [-0.2, 0) is 0 Å². The molecule has 0 atom stereocenters. The molecule has 0 saturated heterocycles. The van der Waals surface area contributed by atoms with E-state index in [1.54, 1.807) is 6.92 Å². The summed E-state index contributed by atoms with van der Waals surface area (Å²) in [6.07, 6.45) is 6.37. The van der Waals surface area contributed by atoms with Crippen LogP contribution in [-0.4, -0.2) is 16.8 Å². The van der Waals surface area contributed by atoms with Crippen LogP contribution in [0.5, 0.6) is 0 Å². The fourth-order valence-electron chi connectivity index (χ4n) is 4.72. The number of amides is 2. The van der Waals surface area contributed by atoms with Gasteiger partial charge in [0.15, 0.2) is 5.13 Å². The van der Waals surface area contributed by atoms with Gasteiger partial charge in [0.2, 0.25) is 0 Å². The van der Waals surface area contributed by atoms with Gasteiger partial charge in [0, 0.05) is 11.3 Å². The molecule has 2 aromatic carbocycles. The second-order valence-corrected chi connectivity index (χ2v) is 10.1. The lowest BCUT2D eigenvalue weighted by Gasteiger charge is -2.22. The Bertz CT molecular complexity index is 1150. The van der Waals surface area contributed by atoms with E-state index in [-0.39, 0.29) is 19.2 Å². The van der Waals surface area contributed by atoms with Crippen LogP contribution in [0, 0.1) is 27.7 Å². The van der Waals surface area contributed by atoms with E-state index in [2.05, 4.69) is 27.8 Å². The molecule has 180 valence electrons. The fourth-order valence-corrected chi connectivity index (χ4v) is 5.58. The smallest absolute Gasteiger partial charge is 0.267 e. The zero-order chi connectivity index (χ0) is 23.5. The maximum atomic E-state index is 12.9. The minimum atomic E-state index is -0.212. The van der Waals surface area contributed by atoms with Crippen molar-refractivity contribution in [2.45, 2.75) is 73.1 Å². The number of hydrogen-bond donors (Lipinski definition) is 2. The third-order valence-electron chi connectivity index (χ3n) is 6.39. The summed E-state index contributed by atoms with van der Waals surface area (Å²) in [5, 5.41) is 6.30. The Balaban J connectivity index is 0.00000324. The molecular formula is C28H35N3O2S. The van der Waals surface area contributed by atoms with E-state index in [0.717, 1.165) is 22.4 Å². The average Bonchev–Trinajstić information content (AvgIpc) is 3.16. The van der Waals surface area contributed by atoms with Gasteiger partial charge in [0.25, 0.3) is 11.8 Å². The normalized spacial score (nSPS) is 13.8. The van der Waals surface area contributed by atoms with Crippen LogP contribution < -0.4 is 10.6 Å². The number of aryl methyl sites for hydroxylation is 4. The minimum absolute atomic E-state index is 0. The maximum absolute atomic E-state index is 12.9. The monoisotopic (exact) mass is 477 g/mol. The Labute approximate surface area is 207 Å². The number of carbonyl (C=O) groups is 2. The average molecular weight is 478 g/mol. The molecule has 1 aliphatic carbocycles. The van der Waals surface area contributed by atoms with Crippen LogP contribution in [0.25, 0.3) is 0 Å². The number of anilines is 2. The molecule has 0 bridgehead atoms. The Morgan fingerprint density at radius 1 is 0.882 bits per heavy atom. The number of rotatable bonds is 5. The molecule has 1 heterocycles. The van der Waals surface area contributed by atoms with Crippen LogP contribution >= 0.6 is 11.3 Å². The Morgan fingerprint density at radius 3 is 2.12 bits per heavy atom. The van der Waals surface area contributed by atoms with Crippen molar-refractivity contribution in [3.8, 4) is 0 Å². The molecule has 1 fully saturated rings. The van der Waals surface area contributed by atoms with Gasteiger partial charge in [-0.3, -0.25) is 14.9 Å². The van der Waals surface area contributed by atoms with Gasteiger partial charge in [-0.05, 0) is 75.3 Å². The molecule has 2 N–H and O–H groups in total. The van der Waals surface area contributed by atoms with E-state index >= 15 is 0 Å². The standard InChI is InChI=1S/C27H31N3O2S.CH4/c1-16-14-17(2)23(18(3)15-16)29-26(32)24-19(4)28-27(33-24)30-25(31)22-12-10-21(11-13-22)20-8-6-5-7-9-20;/h10-15,20H,5-9H2,1-4H3,(H,29,32)(H,28,30,31);1H4. The number of benzene rings is 2. The van der Waals surface area contributed by atoms with Crippen molar-refractivity contribution in [1.82, 2.24) is 4.98 Å². The topological polar surface area (TPSA) is 71.1 Å². The summed E-state index contributed by atoms with van der Waals surface area (Å²) < 4.78 is 0. The van der Waals surface area contributed by atoms with Gasteiger partial charge in [-0.25, -0.2) is 4.98 Å². The number of nitrogens with one attached hydrogen (secondary N) is 2. The van der Waals surface area contributed by atoms with Gasteiger partial charge in [-0.15, -0.1) is 0 Å². The van der Waals surface area contributed by atoms with E-state index < -0.39 is 0 Å². The summed E-state index contributed by atoms with van der Waals surface area (Å²) in [6, 6.07) is 12.0. The summed E-state index contributed by atoms with van der Waals surface area (Å²) in [7, 11) is 0. The van der Waals surface area contributed by atoms with E-state index in [9.17, 15) is 9.59 Å². The van der Waals surface area contributed by atoms with E-state index in [0.29, 0.717) is 27.2 Å². The van der Waals surface area contributed by atoms with Crippen molar-refractivity contribution in [3.05, 3.63) is 74.8 Å². The van der Waals surface area contributed by atoms with Gasteiger partial charge < -0.3 is 5.32 Å². The van der Waals surface area contributed by atoms with E-state index in [4.69, 9.17) is 0 Å². The van der Waals surface area contributed by atoms with Crippen LogP contribution in [0.15, 0.2) is 36.4 Å². The number of carbonyl (C=O) groups excluding carboxylic acids is 2. The lowest BCUT2D eigenvalue weighted by atomic mass is 9.84. The van der Waals surface area contributed by atoms with Crippen LogP contribution in [0.4, 0.5) is 10.8 Å². The van der Waals surface area contributed by atoms with Gasteiger partial charge in [-0.1, -0.05) is 67.9 Å². The quantitative estimate of drug-likeness (QED) is 0.398. The van der Waals surface area contributed by atoms with Gasteiger partial charge >= 0.3 is 0 Å². The molecule has 1 saturated carbocycles. The second kappa shape index (κ2) is 11.0. The summed E-state index contributed by atoms with van der Waals surface area (Å²) in [6.45, 7) is 7.80. The van der Waals surface area contributed by atoms with Crippen molar-refractivity contribution >= 4 is 34.0 Å².